The Kier molecular flexibility index (Phi) is 5.27. The number of ketones is 2. The predicted octanol–water partition coefficient (Wildman–Crippen LogP) is 6.30. The zero-order chi connectivity index (χ0) is 22.2. The number of benzene rings is 3. The largest absolute Gasteiger partial charge is 0.372 e. The molecule has 0 spiro atoms. The highest BCUT2D eigenvalue weighted by Crippen LogP contribution is 2.43. The molecule has 0 saturated heterocycles. The smallest absolute Gasteiger partial charge is 0.193 e. The van der Waals surface area contributed by atoms with E-state index in [-0.39, 0.29) is 22.2 Å². The van der Waals surface area contributed by atoms with Crippen LogP contribution in [0.1, 0.15) is 46.8 Å². The van der Waals surface area contributed by atoms with Crippen molar-refractivity contribution in [2.45, 2.75) is 25.3 Å². The van der Waals surface area contributed by atoms with E-state index in [1.54, 1.807) is 42.5 Å². The van der Waals surface area contributed by atoms with Crippen molar-refractivity contribution >= 4 is 34.5 Å². The van der Waals surface area contributed by atoms with Gasteiger partial charge in [0.2, 0.25) is 0 Å². The molecular weight excluding hydrogens is 427 g/mol. The van der Waals surface area contributed by atoms with Crippen LogP contribution in [0.2, 0.25) is 5.02 Å². The lowest BCUT2D eigenvalue weighted by molar-refractivity contribution is -0.116. The summed E-state index contributed by atoms with van der Waals surface area (Å²) in [6, 6.07) is 18.1. The topological polar surface area (TPSA) is 58.2 Å². The Balaban J connectivity index is 1.62. The van der Waals surface area contributed by atoms with Crippen LogP contribution >= 0.6 is 11.6 Å². The average molecular weight is 447 g/mol. The third-order valence-electron chi connectivity index (χ3n) is 5.94. The zero-order valence-corrected chi connectivity index (χ0v) is 17.9. The van der Waals surface area contributed by atoms with Gasteiger partial charge in [-0.05, 0) is 43.2 Å². The Morgan fingerprint density at radius 3 is 2.53 bits per heavy atom. The minimum absolute atomic E-state index is 0.0380. The lowest BCUT2D eigenvalue weighted by Crippen LogP contribution is -2.24. The molecule has 6 heteroatoms. The molecule has 1 aliphatic heterocycles. The van der Waals surface area contributed by atoms with E-state index >= 15 is 0 Å². The monoisotopic (exact) mass is 446 g/mol. The number of halogens is 2. The first-order chi connectivity index (χ1) is 15.5. The Bertz CT molecular complexity index is 1250. The fourth-order valence-corrected chi connectivity index (χ4v) is 4.66. The maximum absolute atomic E-state index is 14.9. The van der Waals surface area contributed by atoms with E-state index in [2.05, 4.69) is 10.6 Å². The third kappa shape index (κ3) is 3.59. The van der Waals surface area contributed by atoms with Crippen LogP contribution in [0.15, 0.2) is 78.0 Å². The second-order valence-corrected chi connectivity index (χ2v) is 8.37. The number of rotatable bonds is 3. The first-order valence-corrected chi connectivity index (χ1v) is 10.9. The van der Waals surface area contributed by atoms with Crippen LogP contribution in [0.25, 0.3) is 0 Å². The van der Waals surface area contributed by atoms with Gasteiger partial charge in [-0.2, -0.15) is 0 Å². The van der Waals surface area contributed by atoms with E-state index < -0.39 is 11.9 Å². The number of carbonyl (C=O) groups is 2. The first-order valence-electron chi connectivity index (χ1n) is 10.5. The zero-order valence-electron chi connectivity index (χ0n) is 17.1. The van der Waals surface area contributed by atoms with E-state index in [1.165, 1.54) is 6.07 Å². The molecule has 0 radical (unpaired) electrons. The van der Waals surface area contributed by atoms with Crippen molar-refractivity contribution < 1.29 is 14.0 Å². The highest BCUT2D eigenvalue weighted by molar-refractivity contribution is 6.31. The van der Waals surface area contributed by atoms with Gasteiger partial charge in [0.1, 0.15) is 5.82 Å². The molecule has 0 fully saturated rings. The van der Waals surface area contributed by atoms with Crippen molar-refractivity contribution in [1.82, 2.24) is 0 Å². The van der Waals surface area contributed by atoms with Gasteiger partial charge in [-0.25, -0.2) is 4.39 Å². The molecule has 2 aliphatic rings. The molecule has 5 rings (SSSR count). The van der Waals surface area contributed by atoms with E-state index in [4.69, 9.17) is 11.6 Å². The van der Waals surface area contributed by atoms with Crippen LogP contribution in [0, 0.1) is 5.82 Å². The average Bonchev–Trinajstić information content (AvgIpc) is 2.96. The summed E-state index contributed by atoms with van der Waals surface area (Å²) in [5.41, 5.74) is 3.94. The number of hydrogen-bond donors (Lipinski definition) is 2. The second-order valence-electron chi connectivity index (χ2n) is 7.96. The number of anilines is 2. The minimum Gasteiger partial charge on any atom is -0.372 e. The fourth-order valence-electron chi connectivity index (χ4n) is 4.39. The van der Waals surface area contributed by atoms with Gasteiger partial charge in [0.15, 0.2) is 11.6 Å². The van der Waals surface area contributed by atoms with Gasteiger partial charge >= 0.3 is 0 Å². The molecule has 1 atom stereocenters. The van der Waals surface area contributed by atoms with Crippen LogP contribution < -0.4 is 10.6 Å². The van der Waals surface area contributed by atoms with Gasteiger partial charge in [0.05, 0.1) is 17.4 Å². The van der Waals surface area contributed by atoms with Crippen molar-refractivity contribution in [3.05, 3.63) is 106 Å². The molecule has 1 aliphatic carbocycles. The van der Waals surface area contributed by atoms with Gasteiger partial charge in [0, 0.05) is 39.4 Å². The van der Waals surface area contributed by atoms with Crippen LogP contribution in [-0.2, 0) is 4.79 Å². The molecule has 32 heavy (non-hydrogen) atoms. The number of nitrogens with one attached hydrogen (secondary N) is 2. The molecule has 3 aromatic rings. The molecule has 4 nitrogen and oxygen atoms in total. The lowest BCUT2D eigenvalue weighted by Gasteiger charge is -2.26. The van der Waals surface area contributed by atoms with E-state index in [1.807, 2.05) is 18.2 Å². The van der Waals surface area contributed by atoms with E-state index in [0.29, 0.717) is 47.3 Å². The summed E-state index contributed by atoms with van der Waals surface area (Å²) >= 11 is 6.38. The Morgan fingerprint density at radius 1 is 0.938 bits per heavy atom. The van der Waals surface area contributed by atoms with Crippen LogP contribution in [0.3, 0.4) is 0 Å². The van der Waals surface area contributed by atoms with E-state index in [0.717, 1.165) is 5.70 Å². The molecule has 160 valence electrons. The fraction of sp³-hybridized carbons (Fsp3) is 0.154. The SMILES string of the molecule is O=C1CCCC2=C1[C@H](c1c(F)cccc1Cl)Nc1ccc(C(=O)c3ccccc3)cc1N2. The normalized spacial score (nSPS) is 17.6. The van der Waals surface area contributed by atoms with Crippen molar-refractivity contribution in [3.63, 3.8) is 0 Å². The summed E-state index contributed by atoms with van der Waals surface area (Å²) in [7, 11) is 0. The van der Waals surface area contributed by atoms with Crippen LogP contribution in [-0.4, -0.2) is 11.6 Å². The summed E-state index contributed by atoms with van der Waals surface area (Å²) in [5, 5.41) is 6.93. The molecule has 3 aromatic carbocycles. The predicted molar refractivity (Wildman–Crippen MR) is 124 cm³/mol. The molecular formula is C26H20ClFN2O2. The molecule has 0 amide bonds. The Hall–Kier alpha value is -3.44. The molecule has 1 heterocycles. The quantitative estimate of drug-likeness (QED) is 0.464. The van der Waals surface area contributed by atoms with Crippen molar-refractivity contribution in [2.24, 2.45) is 0 Å². The van der Waals surface area contributed by atoms with Gasteiger partial charge in [0.25, 0.3) is 0 Å². The molecule has 0 saturated carbocycles. The maximum Gasteiger partial charge on any atom is 0.193 e. The summed E-state index contributed by atoms with van der Waals surface area (Å²) in [6.07, 6.45) is 1.76. The van der Waals surface area contributed by atoms with Gasteiger partial charge in [-0.1, -0.05) is 48.0 Å². The number of hydrogen-bond acceptors (Lipinski definition) is 4. The first kappa shape index (κ1) is 20.5. The van der Waals surface area contributed by atoms with E-state index in [9.17, 15) is 14.0 Å². The minimum atomic E-state index is -0.726. The maximum atomic E-state index is 14.9. The molecule has 2 N–H and O–H groups in total. The number of allylic oxidation sites excluding steroid dienone is 1. The third-order valence-corrected chi connectivity index (χ3v) is 6.27. The summed E-state index contributed by atoms with van der Waals surface area (Å²) in [5.74, 6) is -0.606. The standard InChI is InChI=1S/C26H20ClFN2O2/c27-17-8-4-9-18(28)23(17)25-24-20(10-5-11-22(24)31)29-21-14-16(12-13-19(21)30-25)26(32)15-6-2-1-3-7-15/h1-4,6-9,12-14,25,29-30H,5,10-11H2/t25-/m0/s1. The van der Waals surface area contributed by atoms with Gasteiger partial charge in [-0.3, -0.25) is 9.59 Å². The molecule has 0 bridgehead atoms. The highest BCUT2D eigenvalue weighted by atomic mass is 35.5. The van der Waals surface area contributed by atoms with Gasteiger partial charge < -0.3 is 10.6 Å². The highest BCUT2D eigenvalue weighted by Gasteiger charge is 2.34. The Labute approximate surface area is 190 Å². The number of Topliss-reactive ketones (excluding diaryl/α,β-unsaturated/α-hetero) is 1. The summed E-state index contributed by atoms with van der Waals surface area (Å²) < 4.78 is 14.9. The van der Waals surface area contributed by atoms with Crippen molar-refractivity contribution in [2.75, 3.05) is 10.6 Å². The van der Waals surface area contributed by atoms with Gasteiger partial charge in [-0.15, -0.1) is 0 Å². The Morgan fingerprint density at radius 2 is 1.75 bits per heavy atom. The van der Waals surface area contributed by atoms with Crippen molar-refractivity contribution in [1.29, 1.82) is 0 Å². The lowest BCUT2D eigenvalue weighted by atomic mass is 9.86. The number of carbonyl (C=O) groups excluding carboxylic acids is 2. The van der Waals surface area contributed by atoms with Crippen LogP contribution in [0.4, 0.5) is 15.8 Å². The molecule has 0 aromatic heterocycles. The van der Waals surface area contributed by atoms with Crippen molar-refractivity contribution in [3.8, 4) is 0 Å². The molecule has 0 unspecified atom stereocenters. The van der Waals surface area contributed by atoms with Crippen LogP contribution in [0.5, 0.6) is 0 Å². The second kappa shape index (κ2) is 8.24. The number of fused-ring (bicyclic) bond motifs is 1. The summed E-state index contributed by atoms with van der Waals surface area (Å²) in [4.78, 5) is 25.9. The summed E-state index contributed by atoms with van der Waals surface area (Å²) in [6.45, 7) is 0.